The molecule has 0 aliphatic rings. The minimum atomic E-state index is 0.0154. The van der Waals surface area contributed by atoms with Crippen LogP contribution in [0.4, 0.5) is 0 Å². The number of halogens is 2. The Morgan fingerprint density at radius 2 is 2.08 bits per heavy atom. The van der Waals surface area contributed by atoms with E-state index in [4.69, 9.17) is 11.6 Å². The third-order valence-electron chi connectivity index (χ3n) is 1.60. The highest BCUT2D eigenvalue weighted by atomic mass is 127. The van der Waals surface area contributed by atoms with Crippen LogP contribution in [0.15, 0.2) is 12.1 Å². The summed E-state index contributed by atoms with van der Waals surface area (Å²) in [6.45, 7) is 3.42. The first-order valence-corrected chi connectivity index (χ1v) is 4.94. The highest BCUT2D eigenvalue weighted by Crippen LogP contribution is 2.23. The Balaban J connectivity index is 3.37. The maximum Gasteiger partial charge on any atom is 0.161 e. The zero-order valence-corrected chi connectivity index (χ0v) is 9.73. The molecule has 0 aliphatic heterocycles. The van der Waals surface area contributed by atoms with Crippen LogP contribution in [0, 0.1) is 10.5 Å². The van der Waals surface area contributed by atoms with E-state index in [2.05, 4.69) is 22.6 Å². The number of carbonyl (C=O) groups is 1. The summed E-state index contributed by atoms with van der Waals surface area (Å²) in [6.07, 6.45) is 0. The number of hydrogen-bond donors (Lipinski definition) is 0. The topological polar surface area (TPSA) is 17.1 Å². The maximum absolute atomic E-state index is 11.1. The fraction of sp³-hybridized carbons (Fsp3) is 0.222. The standard InChI is InChI=1S/C9H8ClIO/c1-5-3-7(11)4-8(6(2)12)9(5)10/h3-4H,1-2H3. The molecule has 0 amide bonds. The molecule has 1 rings (SSSR count). The predicted octanol–water partition coefficient (Wildman–Crippen LogP) is 3.46. The molecule has 0 unspecified atom stereocenters. The normalized spacial score (nSPS) is 10.0. The summed E-state index contributed by atoms with van der Waals surface area (Å²) in [4.78, 5) is 11.1. The molecule has 0 radical (unpaired) electrons. The number of aryl methyl sites for hydroxylation is 1. The third kappa shape index (κ3) is 1.98. The van der Waals surface area contributed by atoms with Crippen LogP contribution in [0.5, 0.6) is 0 Å². The summed E-state index contributed by atoms with van der Waals surface area (Å²) in [6, 6.07) is 3.76. The Morgan fingerprint density at radius 1 is 1.50 bits per heavy atom. The van der Waals surface area contributed by atoms with Crippen LogP contribution in [0.25, 0.3) is 0 Å². The van der Waals surface area contributed by atoms with Gasteiger partial charge in [-0.25, -0.2) is 0 Å². The molecular formula is C9H8ClIO. The molecule has 0 bridgehead atoms. The molecule has 1 aromatic rings. The first-order chi connectivity index (χ1) is 5.52. The lowest BCUT2D eigenvalue weighted by atomic mass is 10.1. The van der Waals surface area contributed by atoms with E-state index < -0.39 is 0 Å². The molecule has 12 heavy (non-hydrogen) atoms. The molecule has 0 atom stereocenters. The smallest absolute Gasteiger partial charge is 0.161 e. The van der Waals surface area contributed by atoms with Crippen LogP contribution in [0.1, 0.15) is 22.8 Å². The lowest BCUT2D eigenvalue weighted by Crippen LogP contribution is -1.95. The van der Waals surface area contributed by atoms with Crippen LogP contribution >= 0.6 is 34.2 Å². The van der Waals surface area contributed by atoms with Gasteiger partial charge in [-0.3, -0.25) is 4.79 Å². The van der Waals surface area contributed by atoms with E-state index in [1.807, 2.05) is 13.0 Å². The minimum Gasteiger partial charge on any atom is -0.294 e. The molecule has 64 valence electrons. The van der Waals surface area contributed by atoms with Crippen molar-refractivity contribution in [3.8, 4) is 0 Å². The number of rotatable bonds is 1. The molecule has 0 saturated carbocycles. The molecule has 0 aromatic heterocycles. The average Bonchev–Trinajstić information content (AvgIpc) is 1.96. The van der Waals surface area contributed by atoms with Crippen molar-refractivity contribution in [2.75, 3.05) is 0 Å². The molecule has 0 aliphatic carbocycles. The summed E-state index contributed by atoms with van der Waals surface area (Å²) >= 11 is 8.11. The van der Waals surface area contributed by atoms with Crippen molar-refractivity contribution in [1.82, 2.24) is 0 Å². The van der Waals surface area contributed by atoms with Gasteiger partial charge in [-0.15, -0.1) is 0 Å². The lowest BCUT2D eigenvalue weighted by molar-refractivity contribution is 0.101. The van der Waals surface area contributed by atoms with E-state index >= 15 is 0 Å². The number of carbonyl (C=O) groups excluding carboxylic acids is 1. The average molecular weight is 295 g/mol. The number of ketones is 1. The second-order valence-electron chi connectivity index (χ2n) is 2.64. The van der Waals surface area contributed by atoms with Crippen LogP contribution in [-0.2, 0) is 0 Å². The first kappa shape index (κ1) is 9.99. The quantitative estimate of drug-likeness (QED) is 0.573. The van der Waals surface area contributed by atoms with Crippen LogP contribution < -0.4 is 0 Å². The van der Waals surface area contributed by atoms with E-state index in [9.17, 15) is 4.79 Å². The fourth-order valence-electron chi connectivity index (χ4n) is 0.982. The van der Waals surface area contributed by atoms with Crippen molar-refractivity contribution < 1.29 is 4.79 Å². The number of hydrogen-bond acceptors (Lipinski definition) is 1. The highest BCUT2D eigenvalue weighted by Gasteiger charge is 2.08. The molecule has 3 heteroatoms. The van der Waals surface area contributed by atoms with Gasteiger partial charge in [-0.2, -0.15) is 0 Å². The van der Waals surface area contributed by atoms with Crippen molar-refractivity contribution in [2.45, 2.75) is 13.8 Å². The van der Waals surface area contributed by atoms with Crippen LogP contribution in [-0.4, -0.2) is 5.78 Å². The SMILES string of the molecule is CC(=O)c1cc(I)cc(C)c1Cl. The molecular weight excluding hydrogens is 286 g/mol. The Morgan fingerprint density at radius 3 is 2.58 bits per heavy atom. The van der Waals surface area contributed by atoms with Gasteiger partial charge < -0.3 is 0 Å². The second kappa shape index (κ2) is 3.75. The van der Waals surface area contributed by atoms with Gasteiger partial charge in [0.1, 0.15) is 0 Å². The van der Waals surface area contributed by atoms with Gasteiger partial charge >= 0.3 is 0 Å². The summed E-state index contributed by atoms with van der Waals surface area (Å²) < 4.78 is 1.04. The summed E-state index contributed by atoms with van der Waals surface area (Å²) in [5.41, 5.74) is 1.56. The van der Waals surface area contributed by atoms with Gasteiger partial charge in [-0.05, 0) is 54.1 Å². The van der Waals surface area contributed by atoms with E-state index in [0.717, 1.165) is 9.13 Å². The molecule has 1 aromatic carbocycles. The van der Waals surface area contributed by atoms with Gasteiger partial charge in [0.05, 0.1) is 5.02 Å². The minimum absolute atomic E-state index is 0.0154. The van der Waals surface area contributed by atoms with Crippen molar-refractivity contribution in [3.63, 3.8) is 0 Å². The predicted molar refractivity (Wildman–Crippen MR) is 58.9 cm³/mol. The van der Waals surface area contributed by atoms with Crippen molar-refractivity contribution >= 4 is 40.0 Å². The summed E-state index contributed by atoms with van der Waals surface area (Å²) in [7, 11) is 0. The second-order valence-corrected chi connectivity index (χ2v) is 4.26. The van der Waals surface area contributed by atoms with E-state index in [1.54, 1.807) is 6.07 Å². The zero-order chi connectivity index (χ0) is 9.30. The molecule has 0 spiro atoms. The van der Waals surface area contributed by atoms with Gasteiger partial charge in [0, 0.05) is 9.13 Å². The van der Waals surface area contributed by atoms with Gasteiger partial charge in [0.2, 0.25) is 0 Å². The summed E-state index contributed by atoms with van der Waals surface area (Å²) in [5, 5.41) is 0.572. The Bertz CT molecular complexity index is 334. The summed E-state index contributed by atoms with van der Waals surface area (Å²) in [5.74, 6) is 0.0154. The largest absolute Gasteiger partial charge is 0.294 e. The molecule has 0 fully saturated rings. The van der Waals surface area contributed by atoms with E-state index in [-0.39, 0.29) is 5.78 Å². The Hall–Kier alpha value is -0.0900. The van der Waals surface area contributed by atoms with Gasteiger partial charge in [0.25, 0.3) is 0 Å². The molecule has 0 N–H and O–H groups in total. The first-order valence-electron chi connectivity index (χ1n) is 3.49. The van der Waals surface area contributed by atoms with Crippen LogP contribution in [0.2, 0.25) is 5.02 Å². The van der Waals surface area contributed by atoms with Crippen LogP contribution in [0.3, 0.4) is 0 Å². The van der Waals surface area contributed by atoms with E-state index in [0.29, 0.717) is 10.6 Å². The molecule has 0 heterocycles. The Labute approximate surface area is 90.3 Å². The van der Waals surface area contributed by atoms with Crippen molar-refractivity contribution in [3.05, 3.63) is 31.9 Å². The van der Waals surface area contributed by atoms with E-state index in [1.165, 1.54) is 6.92 Å². The molecule has 0 saturated heterocycles. The number of Topliss-reactive ketones (excluding diaryl/α,β-unsaturated/α-hetero) is 1. The Kier molecular flexibility index (Phi) is 3.12. The number of benzene rings is 1. The maximum atomic E-state index is 11.1. The van der Waals surface area contributed by atoms with Gasteiger partial charge in [-0.1, -0.05) is 11.6 Å². The fourth-order valence-corrected chi connectivity index (χ4v) is 2.00. The molecule has 1 nitrogen and oxygen atoms in total. The third-order valence-corrected chi connectivity index (χ3v) is 2.72. The highest BCUT2D eigenvalue weighted by molar-refractivity contribution is 14.1. The lowest BCUT2D eigenvalue weighted by Gasteiger charge is -2.03. The van der Waals surface area contributed by atoms with Crippen molar-refractivity contribution in [1.29, 1.82) is 0 Å². The zero-order valence-electron chi connectivity index (χ0n) is 6.82. The monoisotopic (exact) mass is 294 g/mol. The van der Waals surface area contributed by atoms with Gasteiger partial charge in [0.15, 0.2) is 5.78 Å². The van der Waals surface area contributed by atoms with Crippen molar-refractivity contribution in [2.24, 2.45) is 0 Å².